The summed E-state index contributed by atoms with van der Waals surface area (Å²) in [6, 6.07) is 1.79. The Bertz CT molecular complexity index is 288. The fraction of sp³-hybridized carbons (Fsp3) is 0.727. The fourth-order valence-corrected chi connectivity index (χ4v) is 1.93. The van der Waals surface area contributed by atoms with E-state index in [9.17, 15) is 9.59 Å². The third-order valence-corrected chi connectivity index (χ3v) is 2.75. The van der Waals surface area contributed by atoms with Gasteiger partial charge in [0.2, 0.25) is 11.8 Å². The second-order valence-corrected chi connectivity index (χ2v) is 4.10. The molecule has 0 aromatic rings. The first-order chi connectivity index (χ1) is 7.10. The molecule has 1 atom stereocenters. The summed E-state index contributed by atoms with van der Waals surface area (Å²) in [7, 11) is 0. The van der Waals surface area contributed by atoms with E-state index in [1.54, 1.807) is 0 Å². The molecular formula is C11H16N2O2. The van der Waals surface area contributed by atoms with Crippen molar-refractivity contribution in [2.24, 2.45) is 5.92 Å². The normalized spacial score (nSPS) is 20.2. The van der Waals surface area contributed by atoms with Crippen molar-refractivity contribution in [3.05, 3.63) is 0 Å². The number of imide groups is 1. The Balaban J connectivity index is 2.78. The standard InChI is InChI=1S/C11H16N2O2/c1-3-9(4-5-12)13-10(14)6-8(2)7-11(13)15/h8-9H,3-4,6-7H2,1-2H3. The van der Waals surface area contributed by atoms with Gasteiger partial charge in [-0.2, -0.15) is 5.26 Å². The molecule has 82 valence electrons. The number of amides is 2. The van der Waals surface area contributed by atoms with Crippen LogP contribution in [0.2, 0.25) is 0 Å². The predicted octanol–water partition coefficient (Wildman–Crippen LogP) is 1.46. The molecule has 0 N–H and O–H groups in total. The minimum atomic E-state index is -0.234. The van der Waals surface area contributed by atoms with Crippen LogP contribution in [0.1, 0.15) is 39.5 Å². The lowest BCUT2D eigenvalue weighted by molar-refractivity contribution is -0.152. The Morgan fingerprint density at radius 1 is 1.47 bits per heavy atom. The smallest absolute Gasteiger partial charge is 0.229 e. The lowest BCUT2D eigenvalue weighted by Crippen LogP contribution is -2.48. The molecule has 4 nitrogen and oxygen atoms in total. The molecule has 1 rings (SSSR count). The quantitative estimate of drug-likeness (QED) is 0.660. The first kappa shape index (κ1) is 11.7. The van der Waals surface area contributed by atoms with Crippen LogP contribution in [0.5, 0.6) is 0 Å². The Hall–Kier alpha value is -1.37. The molecule has 0 aliphatic carbocycles. The predicted molar refractivity (Wildman–Crippen MR) is 54.6 cm³/mol. The number of nitriles is 1. The van der Waals surface area contributed by atoms with Gasteiger partial charge < -0.3 is 0 Å². The molecule has 0 radical (unpaired) electrons. The number of likely N-dealkylation sites (tertiary alicyclic amines) is 1. The lowest BCUT2D eigenvalue weighted by Gasteiger charge is -2.33. The monoisotopic (exact) mass is 208 g/mol. The van der Waals surface area contributed by atoms with E-state index in [1.165, 1.54) is 4.90 Å². The Morgan fingerprint density at radius 3 is 2.40 bits per heavy atom. The SMILES string of the molecule is CCC(CC#N)N1C(=O)CC(C)CC1=O. The Morgan fingerprint density at radius 2 is 2.00 bits per heavy atom. The van der Waals surface area contributed by atoms with Gasteiger partial charge in [0.25, 0.3) is 0 Å². The van der Waals surface area contributed by atoms with Gasteiger partial charge in [-0.3, -0.25) is 14.5 Å². The third kappa shape index (κ3) is 2.56. The Kier molecular flexibility index (Phi) is 3.84. The molecule has 4 heteroatoms. The second kappa shape index (κ2) is 4.92. The van der Waals surface area contributed by atoms with E-state index < -0.39 is 0 Å². The van der Waals surface area contributed by atoms with Gasteiger partial charge in [-0.1, -0.05) is 13.8 Å². The van der Waals surface area contributed by atoms with E-state index >= 15 is 0 Å². The topological polar surface area (TPSA) is 61.2 Å². The Labute approximate surface area is 89.9 Å². The van der Waals surface area contributed by atoms with Crippen LogP contribution < -0.4 is 0 Å². The summed E-state index contributed by atoms with van der Waals surface area (Å²) in [5.74, 6) is -0.109. The van der Waals surface area contributed by atoms with E-state index in [-0.39, 0.29) is 30.2 Å². The van der Waals surface area contributed by atoms with Crippen molar-refractivity contribution in [1.82, 2.24) is 4.90 Å². The number of piperidine rings is 1. The summed E-state index contributed by atoms with van der Waals surface area (Å²) < 4.78 is 0. The van der Waals surface area contributed by atoms with E-state index in [1.807, 2.05) is 19.9 Å². The molecule has 0 spiro atoms. The van der Waals surface area contributed by atoms with Gasteiger partial charge in [0.1, 0.15) is 0 Å². The van der Waals surface area contributed by atoms with Crippen molar-refractivity contribution in [2.75, 3.05) is 0 Å². The van der Waals surface area contributed by atoms with Crippen LogP contribution in [-0.2, 0) is 9.59 Å². The van der Waals surface area contributed by atoms with E-state index in [0.717, 1.165) is 0 Å². The van der Waals surface area contributed by atoms with Crippen molar-refractivity contribution >= 4 is 11.8 Å². The number of hydrogen-bond donors (Lipinski definition) is 0. The minimum absolute atomic E-state index is 0.124. The van der Waals surface area contributed by atoms with Crippen LogP contribution >= 0.6 is 0 Å². The van der Waals surface area contributed by atoms with Gasteiger partial charge in [0.05, 0.1) is 18.5 Å². The summed E-state index contributed by atoms with van der Waals surface area (Å²) in [6.07, 6.45) is 1.74. The zero-order valence-corrected chi connectivity index (χ0v) is 9.19. The molecule has 1 saturated heterocycles. The van der Waals surface area contributed by atoms with E-state index in [4.69, 9.17) is 5.26 Å². The zero-order valence-electron chi connectivity index (χ0n) is 9.19. The number of carbonyl (C=O) groups is 2. The number of carbonyl (C=O) groups excluding carboxylic acids is 2. The van der Waals surface area contributed by atoms with Gasteiger partial charge in [-0.05, 0) is 12.3 Å². The van der Waals surface area contributed by atoms with Crippen molar-refractivity contribution in [1.29, 1.82) is 5.26 Å². The lowest BCUT2D eigenvalue weighted by atomic mass is 9.95. The molecule has 2 amide bonds. The number of hydrogen-bond acceptors (Lipinski definition) is 3. The van der Waals surface area contributed by atoms with Crippen LogP contribution in [0.15, 0.2) is 0 Å². The van der Waals surface area contributed by atoms with Crippen LogP contribution in [0.25, 0.3) is 0 Å². The van der Waals surface area contributed by atoms with Gasteiger partial charge in [0, 0.05) is 12.8 Å². The van der Waals surface area contributed by atoms with Crippen molar-refractivity contribution in [2.45, 2.75) is 45.6 Å². The zero-order chi connectivity index (χ0) is 11.4. The maximum Gasteiger partial charge on any atom is 0.229 e. The first-order valence-corrected chi connectivity index (χ1v) is 5.32. The largest absolute Gasteiger partial charge is 0.278 e. The first-order valence-electron chi connectivity index (χ1n) is 5.32. The van der Waals surface area contributed by atoms with Crippen LogP contribution in [-0.4, -0.2) is 22.8 Å². The molecule has 1 aliphatic heterocycles. The van der Waals surface area contributed by atoms with Crippen LogP contribution in [0.4, 0.5) is 0 Å². The minimum Gasteiger partial charge on any atom is -0.278 e. The molecule has 15 heavy (non-hydrogen) atoms. The highest BCUT2D eigenvalue weighted by Crippen LogP contribution is 2.22. The number of rotatable bonds is 3. The van der Waals surface area contributed by atoms with Crippen molar-refractivity contribution in [3.8, 4) is 6.07 Å². The second-order valence-electron chi connectivity index (χ2n) is 4.10. The molecule has 0 aromatic heterocycles. The van der Waals surface area contributed by atoms with Crippen LogP contribution in [0.3, 0.4) is 0 Å². The molecule has 1 heterocycles. The van der Waals surface area contributed by atoms with Gasteiger partial charge in [-0.15, -0.1) is 0 Å². The molecule has 0 bridgehead atoms. The molecule has 1 fully saturated rings. The molecule has 1 unspecified atom stereocenters. The number of nitrogens with zero attached hydrogens (tertiary/aromatic N) is 2. The summed E-state index contributed by atoms with van der Waals surface area (Å²) in [6.45, 7) is 3.79. The summed E-state index contributed by atoms with van der Waals surface area (Å²) in [5, 5.41) is 8.62. The van der Waals surface area contributed by atoms with Gasteiger partial charge >= 0.3 is 0 Å². The highest BCUT2D eigenvalue weighted by molar-refractivity contribution is 5.98. The maximum atomic E-state index is 11.7. The van der Waals surface area contributed by atoms with Crippen molar-refractivity contribution in [3.63, 3.8) is 0 Å². The maximum absolute atomic E-state index is 11.7. The highest BCUT2D eigenvalue weighted by atomic mass is 16.2. The van der Waals surface area contributed by atoms with Gasteiger partial charge in [-0.25, -0.2) is 0 Å². The molecule has 0 aromatic carbocycles. The summed E-state index contributed by atoms with van der Waals surface area (Å²) in [5.41, 5.74) is 0. The average Bonchev–Trinajstić information content (AvgIpc) is 2.14. The van der Waals surface area contributed by atoms with Gasteiger partial charge in [0.15, 0.2) is 0 Å². The summed E-state index contributed by atoms with van der Waals surface area (Å²) in [4.78, 5) is 24.7. The van der Waals surface area contributed by atoms with E-state index in [0.29, 0.717) is 19.3 Å². The molecule has 1 aliphatic rings. The summed E-state index contributed by atoms with van der Waals surface area (Å²) >= 11 is 0. The third-order valence-electron chi connectivity index (χ3n) is 2.75. The fourth-order valence-electron chi connectivity index (χ4n) is 1.93. The molecule has 0 saturated carbocycles. The molecular weight excluding hydrogens is 192 g/mol. The van der Waals surface area contributed by atoms with Crippen LogP contribution in [0, 0.1) is 17.2 Å². The van der Waals surface area contributed by atoms with E-state index in [2.05, 4.69) is 0 Å². The highest BCUT2D eigenvalue weighted by Gasteiger charge is 2.34. The average molecular weight is 208 g/mol. The van der Waals surface area contributed by atoms with Crippen molar-refractivity contribution < 1.29 is 9.59 Å².